The van der Waals surface area contributed by atoms with Crippen molar-refractivity contribution in [3.8, 4) is 0 Å². The lowest BCUT2D eigenvalue weighted by Crippen LogP contribution is -2.38. The summed E-state index contributed by atoms with van der Waals surface area (Å²) in [7, 11) is 0. The summed E-state index contributed by atoms with van der Waals surface area (Å²) in [6.07, 6.45) is 6.98. The molecule has 6 nitrogen and oxygen atoms in total. The molecule has 0 spiro atoms. The fourth-order valence-electron chi connectivity index (χ4n) is 3.51. The van der Waals surface area contributed by atoms with E-state index < -0.39 is 0 Å². The summed E-state index contributed by atoms with van der Waals surface area (Å²) in [5.41, 5.74) is 4.83. The summed E-state index contributed by atoms with van der Waals surface area (Å²) in [6, 6.07) is 18.8. The van der Waals surface area contributed by atoms with Gasteiger partial charge in [-0.25, -0.2) is 4.99 Å². The Morgan fingerprint density at radius 1 is 1.03 bits per heavy atom. The molecular formula is C24H28N6. The van der Waals surface area contributed by atoms with E-state index in [0.717, 1.165) is 37.6 Å². The molecule has 0 amide bonds. The molecule has 0 saturated carbocycles. The first-order chi connectivity index (χ1) is 14.8. The maximum Gasteiger partial charge on any atom is 0.191 e. The fourth-order valence-corrected chi connectivity index (χ4v) is 3.51. The first-order valence-electron chi connectivity index (χ1n) is 10.4. The highest BCUT2D eigenvalue weighted by Crippen LogP contribution is 2.17. The van der Waals surface area contributed by atoms with E-state index in [9.17, 15) is 0 Å². The molecule has 2 aromatic carbocycles. The highest BCUT2D eigenvalue weighted by molar-refractivity contribution is 5.83. The molecule has 4 rings (SSSR count). The first kappa shape index (κ1) is 19.8. The molecule has 0 atom stereocenters. The smallest absolute Gasteiger partial charge is 0.191 e. The van der Waals surface area contributed by atoms with Gasteiger partial charge in [-0.15, -0.1) is 0 Å². The van der Waals surface area contributed by atoms with Gasteiger partial charge >= 0.3 is 0 Å². The second-order valence-corrected chi connectivity index (χ2v) is 7.26. The number of aliphatic imine (C=N–C) groups is 1. The predicted octanol–water partition coefficient (Wildman–Crippen LogP) is 3.71. The minimum Gasteiger partial charge on any atom is -0.361 e. The molecule has 0 fully saturated rings. The zero-order valence-electron chi connectivity index (χ0n) is 17.3. The van der Waals surface area contributed by atoms with E-state index in [4.69, 9.17) is 4.99 Å². The van der Waals surface area contributed by atoms with Crippen molar-refractivity contribution in [1.82, 2.24) is 25.4 Å². The molecule has 2 heterocycles. The normalized spacial score (nSPS) is 11.7. The number of aromatic amines is 1. The van der Waals surface area contributed by atoms with Crippen LogP contribution >= 0.6 is 0 Å². The number of para-hydroxylation sites is 1. The van der Waals surface area contributed by atoms with Crippen LogP contribution in [0.2, 0.25) is 0 Å². The van der Waals surface area contributed by atoms with Gasteiger partial charge in [0.2, 0.25) is 0 Å². The lowest BCUT2D eigenvalue weighted by atomic mass is 10.1. The predicted molar refractivity (Wildman–Crippen MR) is 123 cm³/mol. The molecule has 0 saturated heterocycles. The van der Waals surface area contributed by atoms with Gasteiger partial charge < -0.3 is 15.6 Å². The van der Waals surface area contributed by atoms with Crippen molar-refractivity contribution in [1.29, 1.82) is 0 Å². The van der Waals surface area contributed by atoms with Crippen LogP contribution in [0.3, 0.4) is 0 Å². The zero-order chi connectivity index (χ0) is 20.6. The second-order valence-electron chi connectivity index (χ2n) is 7.26. The van der Waals surface area contributed by atoms with Gasteiger partial charge in [0.15, 0.2) is 5.96 Å². The molecule has 0 unspecified atom stereocenters. The van der Waals surface area contributed by atoms with Crippen LogP contribution in [-0.2, 0) is 19.5 Å². The third-order valence-corrected chi connectivity index (χ3v) is 5.00. The van der Waals surface area contributed by atoms with Crippen LogP contribution in [-0.4, -0.2) is 33.8 Å². The van der Waals surface area contributed by atoms with Crippen LogP contribution in [0.1, 0.15) is 23.6 Å². The van der Waals surface area contributed by atoms with E-state index in [1.807, 2.05) is 16.9 Å². The van der Waals surface area contributed by atoms with E-state index >= 15 is 0 Å². The minimum atomic E-state index is 0.594. The lowest BCUT2D eigenvalue weighted by Gasteiger charge is -2.10. The Morgan fingerprint density at radius 2 is 1.87 bits per heavy atom. The molecule has 6 heteroatoms. The van der Waals surface area contributed by atoms with E-state index in [-0.39, 0.29) is 0 Å². The number of nitrogens with zero attached hydrogens (tertiary/aromatic N) is 3. The molecule has 0 aliphatic carbocycles. The van der Waals surface area contributed by atoms with Gasteiger partial charge in [-0.2, -0.15) is 5.10 Å². The Kier molecular flexibility index (Phi) is 6.44. The van der Waals surface area contributed by atoms with Crippen molar-refractivity contribution in [2.45, 2.75) is 26.4 Å². The number of aromatic nitrogens is 3. The molecular weight excluding hydrogens is 372 g/mol. The van der Waals surface area contributed by atoms with Gasteiger partial charge in [0.05, 0.1) is 19.3 Å². The number of benzene rings is 2. The Bertz CT molecular complexity index is 1090. The molecule has 0 aliphatic rings. The number of nitrogens with one attached hydrogen (secondary N) is 3. The van der Waals surface area contributed by atoms with E-state index in [1.54, 1.807) is 0 Å². The molecule has 154 valence electrons. The number of hydrogen-bond donors (Lipinski definition) is 3. The number of fused-ring (bicyclic) bond motifs is 1. The second kappa shape index (κ2) is 9.78. The standard InChI is InChI=1S/C24H28N6/c1-2-25-24(26-13-12-21-16-27-23-11-7-6-10-22(21)23)28-14-20-15-29-30(18-20)17-19-8-4-3-5-9-19/h3-11,15-16,18,27H,2,12-14,17H2,1H3,(H2,25,26,28). The van der Waals surface area contributed by atoms with Crippen LogP contribution in [0, 0.1) is 0 Å². The van der Waals surface area contributed by atoms with Crippen molar-refractivity contribution in [3.05, 3.63) is 89.9 Å². The largest absolute Gasteiger partial charge is 0.361 e. The highest BCUT2D eigenvalue weighted by atomic mass is 15.3. The molecule has 3 N–H and O–H groups in total. The maximum absolute atomic E-state index is 4.72. The van der Waals surface area contributed by atoms with Crippen molar-refractivity contribution in [2.75, 3.05) is 13.1 Å². The van der Waals surface area contributed by atoms with E-state index in [0.29, 0.717) is 6.54 Å². The topological polar surface area (TPSA) is 70.0 Å². The van der Waals surface area contributed by atoms with Crippen LogP contribution in [0.5, 0.6) is 0 Å². The number of guanidine groups is 1. The molecule has 2 aromatic heterocycles. The summed E-state index contributed by atoms with van der Waals surface area (Å²) in [6.45, 7) is 5.09. The molecule has 30 heavy (non-hydrogen) atoms. The van der Waals surface area contributed by atoms with Crippen molar-refractivity contribution < 1.29 is 0 Å². The van der Waals surface area contributed by atoms with Crippen LogP contribution in [0.4, 0.5) is 0 Å². The van der Waals surface area contributed by atoms with E-state index in [2.05, 4.69) is 88.6 Å². The monoisotopic (exact) mass is 400 g/mol. The highest BCUT2D eigenvalue weighted by Gasteiger charge is 2.04. The molecule has 0 aliphatic heterocycles. The average Bonchev–Trinajstić information content (AvgIpc) is 3.40. The lowest BCUT2D eigenvalue weighted by molar-refractivity contribution is 0.686. The summed E-state index contributed by atoms with van der Waals surface area (Å²) in [5.74, 6) is 0.827. The maximum atomic E-state index is 4.72. The van der Waals surface area contributed by atoms with Crippen LogP contribution < -0.4 is 10.6 Å². The summed E-state index contributed by atoms with van der Waals surface area (Å²) in [5, 5.41) is 12.5. The molecule has 0 radical (unpaired) electrons. The number of hydrogen-bond acceptors (Lipinski definition) is 2. The van der Waals surface area contributed by atoms with Crippen LogP contribution in [0.25, 0.3) is 10.9 Å². The number of H-pyrrole nitrogens is 1. The molecule has 4 aromatic rings. The van der Waals surface area contributed by atoms with Crippen molar-refractivity contribution in [3.63, 3.8) is 0 Å². The quantitative estimate of drug-likeness (QED) is 0.312. The van der Waals surface area contributed by atoms with Gasteiger partial charge in [0, 0.05) is 41.9 Å². The van der Waals surface area contributed by atoms with Crippen LogP contribution in [0.15, 0.2) is 78.2 Å². The minimum absolute atomic E-state index is 0.594. The Labute approximate surface area is 177 Å². The average molecular weight is 401 g/mol. The fraction of sp³-hybridized carbons (Fsp3) is 0.250. The van der Waals surface area contributed by atoms with Gasteiger partial charge in [0.1, 0.15) is 0 Å². The first-order valence-corrected chi connectivity index (χ1v) is 10.4. The SMILES string of the molecule is CCNC(=NCc1cnn(Cc2ccccc2)c1)NCCc1c[nH]c2ccccc12. The van der Waals surface area contributed by atoms with Crippen molar-refractivity contribution in [2.24, 2.45) is 4.99 Å². The molecule has 0 bridgehead atoms. The van der Waals surface area contributed by atoms with Gasteiger partial charge in [0.25, 0.3) is 0 Å². The summed E-state index contributed by atoms with van der Waals surface area (Å²) in [4.78, 5) is 8.05. The summed E-state index contributed by atoms with van der Waals surface area (Å²) >= 11 is 0. The van der Waals surface area contributed by atoms with Gasteiger partial charge in [-0.3, -0.25) is 4.68 Å². The van der Waals surface area contributed by atoms with Gasteiger partial charge in [-0.05, 0) is 30.5 Å². The number of rotatable bonds is 8. The Hall–Kier alpha value is -3.54. The Balaban J connectivity index is 1.32. The third-order valence-electron chi connectivity index (χ3n) is 5.00. The summed E-state index contributed by atoms with van der Waals surface area (Å²) < 4.78 is 1.96. The zero-order valence-corrected chi connectivity index (χ0v) is 17.3. The Morgan fingerprint density at radius 3 is 2.73 bits per heavy atom. The van der Waals surface area contributed by atoms with Crippen molar-refractivity contribution >= 4 is 16.9 Å². The van der Waals surface area contributed by atoms with Gasteiger partial charge in [-0.1, -0.05) is 48.5 Å². The third kappa shape index (κ3) is 5.08. The van der Waals surface area contributed by atoms with E-state index in [1.165, 1.54) is 22.0 Å².